The highest BCUT2D eigenvalue weighted by atomic mass is 79.9. The summed E-state index contributed by atoms with van der Waals surface area (Å²) in [4.78, 5) is 15.7. The van der Waals surface area contributed by atoms with Crippen LogP contribution >= 0.6 is 15.9 Å². The predicted molar refractivity (Wildman–Crippen MR) is 72.4 cm³/mol. The van der Waals surface area contributed by atoms with E-state index in [-0.39, 0.29) is 11.7 Å². The van der Waals surface area contributed by atoms with Crippen LogP contribution in [0.3, 0.4) is 0 Å². The van der Waals surface area contributed by atoms with Gasteiger partial charge in [0.2, 0.25) is 0 Å². The first kappa shape index (κ1) is 12.4. The van der Waals surface area contributed by atoms with Gasteiger partial charge in [-0.15, -0.1) is 0 Å². The van der Waals surface area contributed by atoms with Gasteiger partial charge in [0.25, 0.3) is 5.91 Å². The first-order chi connectivity index (χ1) is 8.58. The number of nitrogen functional groups attached to an aromatic ring is 1. The number of amides is 1. The molecule has 2 aromatic rings. The molecule has 18 heavy (non-hydrogen) atoms. The molecule has 1 amide bonds. The van der Waals surface area contributed by atoms with Crippen molar-refractivity contribution >= 4 is 33.2 Å². The number of anilines is 2. The number of aromatic hydroxyl groups is 1. The van der Waals surface area contributed by atoms with E-state index in [1.165, 1.54) is 18.5 Å². The molecule has 0 aliphatic heterocycles. The minimum absolute atomic E-state index is 0.00495. The van der Waals surface area contributed by atoms with E-state index in [2.05, 4.69) is 26.2 Å². The molecule has 4 N–H and O–H groups in total. The summed E-state index contributed by atoms with van der Waals surface area (Å²) in [5.74, 6) is -0.346. The first-order valence-electron chi connectivity index (χ1n) is 5.07. The molecule has 0 fully saturated rings. The molecule has 1 heterocycles. The number of nitrogens with two attached hydrogens (primary N) is 1. The quantitative estimate of drug-likeness (QED) is 0.795. The lowest BCUT2D eigenvalue weighted by Crippen LogP contribution is -2.13. The molecule has 0 aliphatic carbocycles. The van der Waals surface area contributed by atoms with Gasteiger partial charge in [-0.3, -0.25) is 9.78 Å². The normalized spacial score (nSPS) is 10.1. The summed E-state index contributed by atoms with van der Waals surface area (Å²) in [5.41, 5.74) is 6.87. The highest BCUT2D eigenvalue weighted by Crippen LogP contribution is 2.25. The van der Waals surface area contributed by atoms with Crippen LogP contribution in [0.5, 0.6) is 5.75 Å². The molecule has 1 aromatic carbocycles. The molecular weight excluding hydrogens is 298 g/mol. The topological polar surface area (TPSA) is 88.2 Å². The molecule has 0 saturated carbocycles. The van der Waals surface area contributed by atoms with Crippen molar-refractivity contribution in [3.8, 4) is 5.75 Å². The Labute approximate surface area is 112 Å². The lowest BCUT2D eigenvalue weighted by molar-refractivity contribution is 0.102. The largest absolute Gasteiger partial charge is 0.507 e. The van der Waals surface area contributed by atoms with Crippen LogP contribution in [-0.4, -0.2) is 16.0 Å². The van der Waals surface area contributed by atoms with Crippen molar-refractivity contribution in [2.45, 2.75) is 0 Å². The van der Waals surface area contributed by atoms with Gasteiger partial charge in [0, 0.05) is 11.8 Å². The molecule has 92 valence electrons. The third kappa shape index (κ3) is 2.60. The van der Waals surface area contributed by atoms with Crippen molar-refractivity contribution < 1.29 is 9.90 Å². The van der Waals surface area contributed by atoms with E-state index in [1.54, 1.807) is 18.2 Å². The van der Waals surface area contributed by atoms with Crippen LogP contribution in [0.4, 0.5) is 11.4 Å². The molecule has 2 rings (SSSR count). The van der Waals surface area contributed by atoms with Crippen LogP contribution in [0.2, 0.25) is 0 Å². The van der Waals surface area contributed by atoms with E-state index < -0.39 is 0 Å². The van der Waals surface area contributed by atoms with E-state index in [4.69, 9.17) is 5.73 Å². The van der Waals surface area contributed by atoms with Gasteiger partial charge in [0.1, 0.15) is 5.75 Å². The summed E-state index contributed by atoms with van der Waals surface area (Å²) < 4.78 is 0.530. The maximum absolute atomic E-state index is 11.9. The Morgan fingerprint density at radius 1 is 1.39 bits per heavy atom. The minimum atomic E-state index is -0.351. The number of rotatable bonds is 2. The fraction of sp³-hybridized carbons (Fsp3) is 0. The Balaban J connectivity index is 2.22. The number of carbonyl (C=O) groups excluding carboxylic acids is 1. The summed E-state index contributed by atoms with van der Waals surface area (Å²) in [5, 5.41) is 12.2. The fourth-order valence-electron chi connectivity index (χ4n) is 1.37. The zero-order chi connectivity index (χ0) is 13.1. The lowest BCUT2D eigenvalue weighted by atomic mass is 10.2. The number of nitrogens with one attached hydrogen (secondary N) is 1. The van der Waals surface area contributed by atoms with Gasteiger partial charge in [-0.1, -0.05) is 0 Å². The Morgan fingerprint density at radius 3 is 2.83 bits per heavy atom. The Bertz CT molecular complexity index is 602. The molecule has 1 aromatic heterocycles. The number of hydrogen-bond acceptors (Lipinski definition) is 4. The summed E-state index contributed by atoms with van der Waals surface area (Å²) in [7, 11) is 0. The average Bonchev–Trinajstić information content (AvgIpc) is 2.35. The van der Waals surface area contributed by atoms with Crippen LogP contribution < -0.4 is 11.1 Å². The maximum Gasteiger partial charge on any atom is 0.255 e. The van der Waals surface area contributed by atoms with Gasteiger partial charge in [-0.2, -0.15) is 0 Å². The number of halogens is 1. The second kappa shape index (κ2) is 5.05. The van der Waals surface area contributed by atoms with Crippen molar-refractivity contribution in [3.05, 3.63) is 46.7 Å². The van der Waals surface area contributed by atoms with E-state index in [1.807, 2.05) is 0 Å². The minimum Gasteiger partial charge on any atom is -0.507 e. The summed E-state index contributed by atoms with van der Waals surface area (Å²) in [6.45, 7) is 0. The number of aromatic nitrogens is 1. The van der Waals surface area contributed by atoms with Gasteiger partial charge in [0.15, 0.2) is 0 Å². The number of benzene rings is 1. The third-order valence-electron chi connectivity index (χ3n) is 2.31. The SMILES string of the molecule is Nc1cnccc1NC(=O)c1ccc(Br)c(O)c1. The number of carbonyl (C=O) groups is 1. The fourth-order valence-corrected chi connectivity index (χ4v) is 1.62. The Kier molecular flexibility index (Phi) is 3.47. The number of phenolic OH excluding ortho intramolecular Hbond substituents is 1. The van der Waals surface area contributed by atoms with E-state index in [0.717, 1.165) is 0 Å². The van der Waals surface area contributed by atoms with Crippen molar-refractivity contribution in [3.63, 3.8) is 0 Å². The van der Waals surface area contributed by atoms with E-state index in [0.29, 0.717) is 21.4 Å². The zero-order valence-corrected chi connectivity index (χ0v) is 10.8. The maximum atomic E-state index is 11.9. The third-order valence-corrected chi connectivity index (χ3v) is 2.98. The number of phenols is 1. The van der Waals surface area contributed by atoms with Gasteiger partial charge >= 0.3 is 0 Å². The lowest BCUT2D eigenvalue weighted by Gasteiger charge is -2.08. The molecule has 0 atom stereocenters. The van der Waals surface area contributed by atoms with Gasteiger partial charge in [-0.25, -0.2) is 0 Å². The summed E-state index contributed by atoms with van der Waals surface area (Å²) in [6, 6.07) is 6.17. The molecule has 0 unspecified atom stereocenters. The van der Waals surface area contributed by atoms with Gasteiger partial charge < -0.3 is 16.2 Å². The number of hydrogen-bond donors (Lipinski definition) is 3. The summed E-state index contributed by atoms with van der Waals surface area (Å²) >= 11 is 3.15. The monoisotopic (exact) mass is 307 g/mol. The highest BCUT2D eigenvalue weighted by molar-refractivity contribution is 9.10. The molecule has 5 nitrogen and oxygen atoms in total. The smallest absolute Gasteiger partial charge is 0.255 e. The van der Waals surface area contributed by atoms with Crippen LogP contribution in [0.1, 0.15) is 10.4 Å². The van der Waals surface area contributed by atoms with Crippen molar-refractivity contribution in [2.24, 2.45) is 0 Å². The zero-order valence-electron chi connectivity index (χ0n) is 9.22. The van der Waals surface area contributed by atoms with Crippen molar-refractivity contribution in [2.75, 3.05) is 11.1 Å². The Hall–Kier alpha value is -2.08. The number of pyridine rings is 1. The van der Waals surface area contributed by atoms with Crippen LogP contribution in [0.25, 0.3) is 0 Å². The molecule has 6 heteroatoms. The van der Waals surface area contributed by atoms with Crippen molar-refractivity contribution in [1.82, 2.24) is 4.98 Å². The van der Waals surface area contributed by atoms with Crippen LogP contribution in [0.15, 0.2) is 41.1 Å². The molecule has 0 spiro atoms. The molecular formula is C12H10BrN3O2. The second-order valence-corrected chi connectivity index (χ2v) is 4.44. The second-order valence-electron chi connectivity index (χ2n) is 3.58. The Morgan fingerprint density at radius 2 is 2.17 bits per heavy atom. The molecule has 0 aliphatic rings. The number of nitrogens with zero attached hydrogens (tertiary/aromatic N) is 1. The highest BCUT2D eigenvalue weighted by Gasteiger charge is 2.09. The molecule has 0 radical (unpaired) electrons. The average molecular weight is 308 g/mol. The predicted octanol–water partition coefficient (Wildman–Crippen LogP) is 2.38. The summed E-state index contributed by atoms with van der Waals surface area (Å²) in [6.07, 6.45) is 2.99. The molecule has 0 saturated heterocycles. The van der Waals surface area contributed by atoms with E-state index in [9.17, 15) is 9.90 Å². The first-order valence-corrected chi connectivity index (χ1v) is 5.86. The van der Waals surface area contributed by atoms with Crippen LogP contribution in [0, 0.1) is 0 Å². The van der Waals surface area contributed by atoms with E-state index >= 15 is 0 Å². The van der Waals surface area contributed by atoms with Crippen LogP contribution in [-0.2, 0) is 0 Å². The molecule has 0 bridgehead atoms. The van der Waals surface area contributed by atoms with Gasteiger partial charge in [0.05, 0.1) is 22.0 Å². The van der Waals surface area contributed by atoms with Gasteiger partial charge in [-0.05, 0) is 40.2 Å². The van der Waals surface area contributed by atoms with Crippen molar-refractivity contribution in [1.29, 1.82) is 0 Å². The standard InChI is InChI=1S/C12H10BrN3O2/c13-8-2-1-7(5-11(8)17)12(18)16-10-3-4-15-6-9(10)14/h1-6,17H,14H2,(H,15,16,18).